The van der Waals surface area contributed by atoms with Crippen LogP contribution in [-0.2, 0) is 16.0 Å². The van der Waals surface area contributed by atoms with Crippen molar-refractivity contribution in [2.45, 2.75) is 13.3 Å². The number of benzene rings is 2. The number of hydrogen-bond acceptors (Lipinski definition) is 5. The van der Waals surface area contributed by atoms with Crippen molar-refractivity contribution >= 4 is 29.3 Å². The summed E-state index contributed by atoms with van der Waals surface area (Å²) >= 11 is 1.28. The Kier molecular flexibility index (Phi) is 8.68. The first-order valence-electron chi connectivity index (χ1n) is 8.93. The van der Waals surface area contributed by atoms with E-state index in [1.165, 1.54) is 11.8 Å². The van der Waals surface area contributed by atoms with E-state index in [0.717, 1.165) is 22.6 Å². The standard InChI is InChI=1S/C21H26N2O4S/c1-15-4-9-19(27-3)16(12-15)10-11-22-20(24)13-28-14-21(25)23-17-5-7-18(26-2)8-6-17/h4-9,12H,10-11,13-14H2,1-3H3,(H,22,24)(H,23,25). The minimum absolute atomic E-state index is 0.0890. The van der Waals surface area contributed by atoms with E-state index in [1.54, 1.807) is 38.5 Å². The molecular weight excluding hydrogens is 376 g/mol. The van der Waals surface area contributed by atoms with E-state index in [4.69, 9.17) is 9.47 Å². The first kappa shape index (κ1) is 21.6. The molecule has 2 aromatic rings. The van der Waals surface area contributed by atoms with Crippen LogP contribution in [0.15, 0.2) is 42.5 Å². The van der Waals surface area contributed by atoms with Crippen molar-refractivity contribution in [2.24, 2.45) is 0 Å². The maximum absolute atomic E-state index is 12.0. The Labute approximate surface area is 170 Å². The van der Waals surface area contributed by atoms with Crippen LogP contribution in [0.4, 0.5) is 5.69 Å². The third-order valence-corrected chi connectivity index (χ3v) is 4.93. The van der Waals surface area contributed by atoms with Crippen molar-refractivity contribution in [2.75, 3.05) is 37.6 Å². The summed E-state index contributed by atoms with van der Waals surface area (Å²) in [5.74, 6) is 1.77. The molecule has 0 radical (unpaired) electrons. The summed E-state index contributed by atoms with van der Waals surface area (Å²) in [4.78, 5) is 23.9. The average molecular weight is 403 g/mol. The first-order chi connectivity index (χ1) is 13.5. The molecule has 0 heterocycles. The molecule has 0 aliphatic carbocycles. The summed E-state index contributed by atoms with van der Waals surface area (Å²) in [7, 11) is 3.23. The van der Waals surface area contributed by atoms with Gasteiger partial charge in [-0.25, -0.2) is 0 Å². The Hall–Kier alpha value is -2.67. The lowest BCUT2D eigenvalue weighted by Crippen LogP contribution is -2.28. The summed E-state index contributed by atoms with van der Waals surface area (Å²) in [5, 5.41) is 5.67. The molecule has 0 atom stereocenters. The average Bonchev–Trinajstić information content (AvgIpc) is 2.69. The van der Waals surface area contributed by atoms with Gasteiger partial charge in [-0.3, -0.25) is 9.59 Å². The quantitative estimate of drug-likeness (QED) is 0.639. The summed E-state index contributed by atoms with van der Waals surface area (Å²) in [6.45, 7) is 2.55. The molecular formula is C21H26N2O4S. The molecule has 2 rings (SSSR count). The maximum Gasteiger partial charge on any atom is 0.234 e. The maximum atomic E-state index is 12.0. The van der Waals surface area contributed by atoms with Crippen LogP contribution in [-0.4, -0.2) is 44.1 Å². The van der Waals surface area contributed by atoms with Crippen molar-refractivity contribution in [3.8, 4) is 11.5 Å². The summed E-state index contributed by atoms with van der Waals surface area (Å²) in [5.41, 5.74) is 2.91. The normalized spacial score (nSPS) is 10.2. The molecule has 150 valence electrons. The summed E-state index contributed by atoms with van der Waals surface area (Å²) in [6, 6.07) is 13.1. The third-order valence-electron chi connectivity index (χ3n) is 3.99. The molecule has 0 aliphatic rings. The SMILES string of the molecule is COc1ccc(NC(=O)CSCC(=O)NCCc2cc(C)ccc2OC)cc1. The molecule has 0 saturated heterocycles. The zero-order chi connectivity index (χ0) is 20.4. The number of aryl methyl sites for hydroxylation is 1. The lowest BCUT2D eigenvalue weighted by molar-refractivity contribution is -0.118. The Balaban J connectivity index is 1.65. The van der Waals surface area contributed by atoms with E-state index in [-0.39, 0.29) is 23.3 Å². The number of hydrogen-bond donors (Lipinski definition) is 2. The van der Waals surface area contributed by atoms with Crippen LogP contribution >= 0.6 is 11.8 Å². The lowest BCUT2D eigenvalue weighted by atomic mass is 10.1. The van der Waals surface area contributed by atoms with E-state index < -0.39 is 0 Å². The van der Waals surface area contributed by atoms with Gasteiger partial charge >= 0.3 is 0 Å². The second-order valence-corrected chi connectivity index (χ2v) is 7.17. The van der Waals surface area contributed by atoms with Crippen LogP contribution in [0.1, 0.15) is 11.1 Å². The van der Waals surface area contributed by atoms with Crippen LogP contribution in [0.2, 0.25) is 0 Å². The first-order valence-corrected chi connectivity index (χ1v) is 10.1. The fourth-order valence-corrected chi connectivity index (χ4v) is 3.25. The fraction of sp³-hybridized carbons (Fsp3) is 0.333. The van der Waals surface area contributed by atoms with Gasteiger partial charge < -0.3 is 20.1 Å². The van der Waals surface area contributed by atoms with Crippen molar-refractivity contribution < 1.29 is 19.1 Å². The van der Waals surface area contributed by atoms with Crippen molar-refractivity contribution in [1.82, 2.24) is 5.32 Å². The topological polar surface area (TPSA) is 76.7 Å². The molecule has 0 spiro atoms. The van der Waals surface area contributed by atoms with Crippen LogP contribution in [0.3, 0.4) is 0 Å². The largest absolute Gasteiger partial charge is 0.497 e. The van der Waals surface area contributed by atoms with Gasteiger partial charge in [0, 0.05) is 12.2 Å². The Morgan fingerprint density at radius 1 is 0.964 bits per heavy atom. The fourth-order valence-electron chi connectivity index (χ4n) is 2.60. The highest BCUT2D eigenvalue weighted by molar-refractivity contribution is 8.00. The van der Waals surface area contributed by atoms with E-state index in [2.05, 4.69) is 16.7 Å². The van der Waals surface area contributed by atoms with Crippen molar-refractivity contribution in [3.05, 3.63) is 53.6 Å². The third kappa shape index (κ3) is 7.15. The van der Waals surface area contributed by atoms with Gasteiger partial charge in [-0.05, 0) is 49.2 Å². The number of ether oxygens (including phenoxy) is 2. The highest BCUT2D eigenvalue weighted by atomic mass is 32.2. The predicted octanol–water partition coefficient (Wildman–Crippen LogP) is 3.04. The second-order valence-electron chi connectivity index (χ2n) is 6.18. The highest BCUT2D eigenvalue weighted by Crippen LogP contribution is 2.19. The van der Waals surface area contributed by atoms with Crippen molar-refractivity contribution in [1.29, 1.82) is 0 Å². The zero-order valence-corrected chi connectivity index (χ0v) is 17.2. The number of amides is 2. The van der Waals surface area contributed by atoms with Gasteiger partial charge in [0.05, 0.1) is 25.7 Å². The van der Waals surface area contributed by atoms with Crippen LogP contribution in [0, 0.1) is 6.92 Å². The molecule has 28 heavy (non-hydrogen) atoms. The molecule has 0 aromatic heterocycles. The monoisotopic (exact) mass is 402 g/mol. The highest BCUT2D eigenvalue weighted by Gasteiger charge is 2.08. The van der Waals surface area contributed by atoms with E-state index in [9.17, 15) is 9.59 Å². The van der Waals surface area contributed by atoms with Gasteiger partial charge in [-0.2, -0.15) is 0 Å². The van der Waals surface area contributed by atoms with E-state index >= 15 is 0 Å². The number of nitrogens with one attached hydrogen (secondary N) is 2. The van der Waals surface area contributed by atoms with Crippen LogP contribution in [0.5, 0.6) is 11.5 Å². The summed E-state index contributed by atoms with van der Waals surface area (Å²) < 4.78 is 10.4. The molecule has 0 saturated carbocycles. The molecule has 2 N–H and O–H groups in total. The molecule has 0 fully saturated rings. The Morgan fingerprint density at radius 2 is 1.68 bits per heavy atom. The van der Waals surface area contributed by atoms with E-state index in [1.807, 2.05) is 19.1 Å². The van der Waals surface area contributed by atoms with Crippen LogP contribution < -0.4 is 20.1 Å². The zero-order valence-electron chi connectivity index (χ0n) is 16.4. The number of rotatable bonds is 10. The predicted molar refractivity (Wildman–Crippen MR) is 113 cm³/mol. The molecule has 7 heteroatoms. The minimum Gasteiger partial charge on any atom is -0.497 e. The smallest absolute Gasteiger partial charge is 0.234 e. The minimum atomic E-state index is -0.146. The van der Waals surface area contributed by atoms with Gasteiger partial charge in [0.2, 0.25) is 11.8 Å². The molecule has 0 aliphatic heterocycles. The number of carbonyl (C=O) groups is 2. The Bertz CT molecular complexity index is 793. The van der Waals surface area contributed by atoms with E-state index in [0.29, 0.717) is 18.7 Å². The molecule has 0 unspecified atom stereocenters. The molecule has 0 bridgehead atoms. The van der Waals surface area contributed by atoms with Gasteiger partial charge in [0.15, 0.2) is 0 Å². The number of carbonyl (C=O) groups excluding carboxylic acids is 2. The number of anilines is 1. The Morgan fingerprint density at radius 3 is 2.36 bits per heavy atom. The second kappa shape index (κ2) is 11.2. The molecule has 2 amide bonds. The number of methoxy groups -OCH3 is 2. The molecule has 2 aromatic carbocycles. The van der Waals surface area contributed by atoms with Gasteiger partial charge in [-0.1, -0.05) is 17.7 Å². The van der Waals surface area contributed by atoms with Gasteiger partial charge in [-0.15, -0.1) is 11.8 Å². The molecule has 6 nitrogen and oxygen atoms in total. The van der Waals surface area contributed by atoms with Gasteiger partial charge in [0.1, 0.15) is 11.5 Å². The number of thioether (sulfide) groups is 1. The lowest BCUT2D eigenvalue weighted by Gasteiger charge is -2.10. The summed E-state index contributed by atoms with van der Waals surface area (Å²) in [6.07, 6.45) is 0.694. The van der Waals surface area contributed by atoms with Crippen LogP contribution in [0.25, 0.3) is 0 Å². The van der Waals surface area contributed by atoms with Crippen molar-refractivity contribution in [3.63, 3.8) is 0 Å². The van der Waals surface area contributed by atoms with Gasteiger partial charge in [0.25, 0.3) is 0 Å².